The van der Waals surface area contributed by atoms with Gasteiger partial charge in [0.1, 0.15) is 12.7 Å². The number of esters is 1. The Kier molecular flexibility index (Phi) is 5.95. The highest BCUT2D eigenvalue weighted by Crippen LogP contribution is 2.12. The van der Waals surface area contributed by atoms with Crippen molar-refractivity contribution in [2.24, 2.45) is 0 Å². The molecule has 8 heteroatoms. The number of rotatable bonds is 6. The maximum absolute atomic E-state index is 12.1. The number of hydrogen-bond acceptors (Lipinski definition) is 5. The number of carbonyl (C=O) groups excluding carboxylic acids is 2. The summed E-state index contributed by atoms with van der Waals surface area (Å²) >= 11 is 2.16. The number of anilines is 1. The lowest BCUT2D eigenvalue weighted by Crippen LogP contribution is -2.21. The molecule has 0 radical (unpaired) electrons. The Morgan fingerprint density at radius 1 is 1.15 bits per heavy atom. The van der Waals surface area contributed by atoms with E-state index in [0.717, 1.165) is 9.13 Å². The van der Waals surface area contributed by atoms with E-state index in [2.05, 4.69) is 38.0 Å². The normalized spacial score (nSPS) is 10.3. The summed E-state index contributed by atoms with van der Waals surface area (Å²) < 4.78 is 7.74. The second-order valence-corrected chi connectivity index (χ2v) is 6.67. The summed E-state index contributed by atoms with van der Waals surface area (Å²) in [6, 6.07) is 14.3. The van der Waals surface area contributed by atoms with Gasteiger partial charge in [-0.25, -0.2) is 14.5 Å². The number of carbonyl (C=O) groups is 2. The van der Waals surface area contributed by atoms with Crippen LogP contribution in [0.25, 0.3) is 0 Å². The van der Waals surface area contributed by atoms with E-state index in [1.54, 1.807) is 29.2 Å². The fraction of sp³-hybridized carbons (Fsp3) is 0.111. The molecule has 0 saturated heterocycles. The molecule has 0 fully saturated rings. The largest absolute Gasteiger partial charge is 0.452 e. The third-order valence-corrected chi connectivity index (χ3v) is 4.11. The molecule has 1 N–H and O–H groups in total. The van der Waals surface area contributed by atoms with Gasteiger partial charge in [0.25, 0.3) is 5.91 Å². The average molecular weight is 462 g/mol. The lowest BCUT2D eigenvalue weighted by atomic mass is 10.1. The smallest absolute Gasteiger partial charge is 0.338 e. The van der Waals surface area contributed by atoms with Crippen LogP contribution in [0.3, 0.4) is 0 Å². The number of nitrogens with zero attached hydrogens (tertiary/aromatic N) is 3. The minimum atomic E-state index is -0.546. The number of aromatic nitrogens is 3. The van der Waals surface area contributed by atoms with Gasteiger partial charge in [-0.2, -0.15) is 5.10 Å². The molecular weight excluding hydrogens is 447 g/mol. The molecule has 0 unspecified atom stereocenters. The van der Waals surface area contributed by atoms with Crippen molar-refractivity contribution in [2.75, 3.05) is 11.9 Å². The summed E-state index contributed by atoms with van der Waals surface area (Å²) in [4.78, 5) is 27.8. The first-order valence-corrected chi connectivity index (χ1v) is 8.82. The van der Waals surface area contributed by atoms with Crippen LogP contribution in [0.1, 0.15) is 15.9 Å². The summed E-state index contributed by atoms with van der Waals surface area (Å²) in [7, 11) is 0. The highest BCUT2D eigenvalue weighted by Gasteiger charge is 2.10. The molecule has 0 atom stereocenters. The fourth-order valence-corrected chi connectivity index (χ4v) is 2.77. The Bertz CT molecular complexity index is 895. The van der Waals surface area contributed by atoms with Gasteiger partial charge in [-0.3, -0.25) is 4.79 Å². The Morgan fingerprint density at radius 3 is 2.65 bits per heavy atom. The topological polar surface area (TPSA) is 86.1 Å². The third kappa shape index (κ3) is 5.12. The first-order chi connectivity index (χ1) is 12.6. The highest BCUT2D eigenvalue weighted by molar-refractivity contribution is 14.1. The van der Waals surface area contributed by atoms with Crippen molar-refractivity contribution in [2.45, 2.75) is 6.54 Å². The van der Waals surface area contributed by atoms with Crippen LogP contribution in [-0.4, -0.2) is 33.2 Å². The average Bonchev–Trinajstić information content (AvgIpc) is 3.13. The van der Waals surface area contributed by atoms with Crippen LogP contribution in [0.2, 0.25) is 0 Å². The lowest BCUT2D eigenvalue weighted by Gasteiger charge is -2.07. The summed E-state index contributed by atoms with van der Waals surface area (Å²) in [6.07, 6.45) is 3.08. The molecule has 0 aliphatic carbocycles. The molecule has 7 nitrogen and oxygen atoms in total. The number of hydrogen-bond donors (Lipinski definition) is 1. The summed E-state index contributed by atoms with van der Waals surface area (Å²) in [6.45, 7) is 0.221. The highest BCUT2D eigenvalue weighted by atomic mass is 127. The van der Waals surface area contributed by atoms with Crippen LogP contribution in [0.15, 0.2) is 61.2 Å². The summed E-state index contributed by atoms with van der Waals surface area (Å²) in [5.74, 6) is -0.932. The molecule has 0 saturated carbocycles. The van der Waals surface area contributed by atoms with Gasteiger partial charge in [-0.15, -0.1) is 0 Å². The van der Waals surface area contributed by atoms with Crippen LogP contribution < -0.4 is 5.32 Å². The molecular formula is C18H15IN4O3. The van der Waals surface area contributed by atoms with Gasteiger partial charge in [-0.05, 0) is 58.5 Å². The van der Waals surface area contributed by atoms with Crippen LogP contribution in [0.4, 0.5) is 5.69 Å². The van der Waals surface area contributed by atoms with Gasteiger partial charge in [0, 0.05) is 9.26 Å². The maximum atomic E-state index is 12.1. The number of benzene rings is 2. The summed E-state index contributed by atoms with van der Waals surface area (Å²) in [5.41, 5.74) is 2.02. The molecule has 2 aromatic carbocycles. The quantitative estimate of drug-likeness (QED) is 0.450. The SMILES string of the molecule is O=C(COC(=O)c1ccc(Cn2cncn2)cc1)Nc1cccc(I)c1. The molecule has 1 heterocycles. The van der Waals surface area contributed by atoms with Crippen molar-refractivity contribution >= 4 is 40.2 Å². The number of nitrogens with one attached hydrogen (secondary N) is 1. The van der Waals surface area contributed by atoms with Gasteiger partial charge in [0.2, 0.25) is 0 Å². The third-order valence-electron chi connectivity index (χ3n) is 3.44. The molecule has 0 bridgehead atoms. The second-order valence-electron chi connectivity index (χ2n) is 5.42. The van der Waals surface area contributed by atoms with E-state index in [4.69, 9.17) is 4.74 Å². The number of amides is 1. The van der Waals surface area contributed by atoms with Crippen molar-refractivity contribution in [3.8, 4) is 0 Å². The minimum absolute atomic E-state index is 0.342. The standard InChI is InChI=1S/C18H15IN4O3/c19-15-2-1-3-16(8-15)22-17(24)10-26-18(25)14-6-4-13(5-7-14)9-23-12-20-11-21-23/h1-8,11-12H,9-10H2,(H,22,24). The van der Waals surface area contributed by atoms with Gasteiger partial charge in [-0.1, -0.05) is 18.2 Å². The minimum Gasteiger partial charge on any atom is -0.452 e. The van der Waals surface area contributed by atoms with Crippen molar-refractivity contribution in [1.29, 1.82) is 0 Å². The second kappa shape index (κ2) is 8.56. The van der Waals surface area contributed by atoms with Crippen molar-refractivity contribution in [1.82, 2.24) is 14.8 Å². The zero-order valence-corrected chi connectivity index (χ0v) is 15.8. The molecule has 0 aliphatic rings. The van der Waals surface area contributed by atoms with Gasteiger partial charge in [0.05, 0.1) is 12.1 Å². The van der Waals surface area contributed by atoms with Crippen molar-refractivity contribution < 1.29 is 14.3 Å². The molecule has 132 valence electrons. The number of halogens is 1. The zero-order chi connectivity index (χ0) is 18.4. The number of ether oxygens (including phenoxy) is 1. The molecule has 0 spiro atoms. The fourth-order valence-electron chi connectivity index (χ4n) is 2.23. The van der Waals surface area contributed by atoms with E-state index < -0.39 is 5.97 Å². The summed E-state index contributed by atoms with van der Waals surface area (Å²) in [5, 5.41) is 6.71. The van der Waals surface area contributed by atoms with E-state index >= 15 is 0 Å². The van der Waals surface area contributed by atoms with E-state index in [1.165, 1.54) is 6.33 Å². The monoisotopic (exact) mass is 462 g/mol. The lowest BCUT2D eigenvalue weighted by molar-refractivity contribution is -0.119. The van der Waals surface area contributed by atoms with Gasteiger partial charge in [0.15, 0.2) is 6.61 Å². The van der Waals surface area contributed by atoms with Crippen LogP contribution >= 0.6 is 22.6 Å². The molecule has 3 aromatic rings. The van der Waals surface area contributed by atoms with Crippen LogP contribution in [-0.2, 0) is 16.1 Å². The maximum Gasteiger partial charge on any atom is 0.338 e. The predicted molar refractivity (Wildman–Crippen MR) is 104 cm³/mol. The molecule has 1 aromatic heterocycles. The first kappa shape index (κ1) is 18.1. The predicted octanol–water partition coefficient (Wildman–Crippen LogP) is 2.73. The molecule has 1 amide bonds. The Morgan fingerprint density at radius 2 is 1.96 bits per heavy atom. The van der Waals surface area contributed by atoms with Crippen molar-refractivity contribution in [3.05, 3.63) is 75.9 Å². The van der Waals surface area contributed by atoms with Crippen LogP contribution in [0, 0.1) is 3.57 Å². The van der Waals surface area contributed by atoms with Gasteiger partial charge >= 0.3 is 5.97 Å². The Labute approximate surface area is 163 Å². The Balaban J connectivity index is 1.50. The van der Waals surface area contributed by atoms with Gasteiger partial charge < -0.3 is 10.1 Å². The molecule has 26 heavy (non-hydrogen) atoms. The van der Waals surface area contributed by atoms with E-state index in [9.17, 15) is 9.59 Å². The van der Waals surface area contributed by atoms with E-state index in [0.29, 0.717) is 17.8 Å². The van der Waals surface area contributed by atoms with E-state index in [-0.39, 0.29) is 12.5 Å². The zero-order valence-electron chi connectivity index (χ0n) is 13.6. The van der Waals surface area contributed by atoms with Crippen LogP contribution in [0.5, 0.6) is 0 Å². The van der Waals surface area contributed by atoms with Crippen molar-refractivity contribution in [3.63, 3.8) is 0 Å². The first-order valence-electron chi connectivity index (χ1n) is 7.74. The Hall–Kier alpha value is -2.75. The van der Waals surface area contributed by atoms with E-state index in [1.807, 2.05) is 30.3 Å². The molecule has 0 aliphatic heterocycles. The molecule has 3 rings (SSSR count).